The first-order valence-electron chi connectivity index (χ1n) is 7.68. The second-order valence-corrected chi connectivity index (χ2v) is 5.51. The fourth-order valence-electron chi connectivity index (χ4n) is 2.77. The molecule has 0 amide bonds. The van der Waals surface area contributed by atoms with Gasteiger partial charge in [0.15, 0.2) is 0 Å². The highest BCUT2D eigenvalue weighted by molar-refractivity contribution is 4.87. The van der Waals surface area contributed by atoms with E-state index in [1.165, 1.54) is 38.5 Å². The van der Waals surface area contributed by atoms with Crippen LogP contribution in [0.1, 0.15) is 59.3 Å². The van der Waals surface area contributed by atoms with Gasteiger partial charge in [0, 0.05) is 13.2 Å². The summed E-state index contributed by atoms with van der Waals surface area (Å²) in [7, 11) is 0. The van der Waals surface area contributed by atoms with E-state index in [4.69, 9.17) is 9.47 Å². The molecule has 0 aromatic carbocycles. The summed E-state index contributed by atoms with van der Waals surface area (Å²) in [5, 5.41) is 3.54. The van der Waals surface area contributed by atoms with Crippen LogP contribution >= 0.6 is 0 Å². The molecule has 1 atom stereocenters. The molecule has 1 aliphatic rings. The SMILES string of the molecule is CCCNCC1(OC(C)COCC)CCCCC1. The first-order chi connectivity index (χ1) is 8.72. The van der Waals surface area contributed by atoms with Gasteiger partial charge in [-0.2, -0.15) is 0 Å². The summed E-state index contributed by atoms with van der Waals surface area (Å²) in [6, 6.07) is 0. The van der Waals surface area contributed by atoms with Crippen LogP contribution in [0.4, 0.5) is 0 Å². The molecule has 0 saturated heterocycles. The topological polar surface area (TPSA) is 30.5 Å². The molecule has 3 nitrogen and oxygen atoms in total. The Bertz CT molecular complexity index is 203. The van der Waals surface area contributed by atoms with Crippen molar-refractivity contribution in [2.45, 2.75) is 71.0 Å². The molecule has 1 fully saturated rings. The Hall–Kier alpha value is -0.120. The molecule has 0 bridgehead atoms. The molecular formula is C15H31NO2. The summed E-state index contributed by atoms with van der Waals surface area (Å²) in [5.41, 5.74) is 0.0595. The number of hydrogen-bond donors (Lipinski definition) is 1. The van der Waals surface area contributed by atoms with Gasteiger partial charge in [-0.3, -0.25) is 0 Å². The molecule has 1 unspecified atom stereocenters. The third-order valence-corrected chi connectivity index (χ3v) is 3.65. The molecular weight excluding hydrogens is 226 g/mol. The van der Waals surface area contributed by atoms with E-state index in [1.807, 2.05) is 6.92 Å². The van der Waals surface area contributed by atoms with E-state index in [9.17, 15) is 0 Å². The largest absolute Gasteiger partial charge is 0.379 e. The van der Waals surface area contributed by atoms with E-state index in [-0.39, 0.29) is 11.7 Å². The van der Waals surface area contributed by atoms with Gasteiger partial charge in [-0.05, 0) is 39.7 Å². The lowest BCUT2D eigenvalue weighted by Gasteiger charge is -2.39. The van der Waals surface area contributed by atoms with Crippen molar-refractivity contribution in [3.63, 3.8) is 0 Å². The second kappa shape index (κ2) is 8.89. The van der Waals surface area contributed by atoms with E-state index in [1.54, 1.807) is 0 Å². The molecule has 1 rings (SSSR count). The van der Waals surface area contributed by atoms with Crippen LogP contribution < -0.4 is 5.32 Å². The Morgan fingerprint density at radius 2 is 1.89 bits per heavy atom. The molecule has 1 N–H and O–H groups in total. The Kier molecular flexibility index (Phi) is 7.87. The van der Waals surface area contributed by atoms with Gasteiger partial charge in [-0.25, -0.2) is 0 Å². The van der Waals surface area contributed by atoms with Crippen LogP contribution in [-0.4, -0.2) is 38.0 Å². The van der Waals surface area contributed by atoms with Crippen molar-refractivity contribution in [1.82, 2.24) is 5.32 Å². The molecule has 0 aliphatic heterocycles. The molecule has 0 aromatic rings. The summed E-state index contributed by atoms with van der Waals surface area (Å²) in [6.45, 7) is 9.94. The van der Waals surface area contributed by atoms with Gasteiger partial charge in [0.05, 0.1) is 18.3 Å². The number of nitrogens with one attached hydrogen (secondary N) is 1. The van der Waals surface area contributed by atoms with Gasteiger partial charge in [0.25, 0.3) is 0 Å². The van der Waals surface area contributed by atoms with Crippen molar-refractivity contribution >= 4 is 0 Å². The fourth-order valence-corrected chi connectivity index (χ4v) is 2.77. The van der Waals surface area contributed by atoms with Crippen molar-refractivity contribution in [2.24, 2.45) is 0 Å². The molecule has 0 aromatic heterocycles. The second-order valence-electron chi connectivity index (χ2n) is 5.51. The highest BCUT2D eigenvalue weighted by atomic mass is 16.5. The standard InChI is InChI=1S/C15H31NO2/c1-4-11-16-13-15(9-7-6-8-10-15)18-14(3)12-17-5-2/h14,16H,4-13H2,1-3H3. The molecule has 3 heteroatoms. The van der Waals surface area contributed by atoms with Crippen molar-refractivity contribution < 1.29 is 9.47 Å². The average molecular weight is 257 g/mol. The van der Waals surface area contributed by atoms with Gasteiger partial charge >= 0.3 is 0 Å². The first kappa shape index (κ1) is 15.9. The first-order valence-corrected chi connectivity index (χ1v) is 7.68. The Morgan fingerprint density at radius 1 is 1.17 bits per heavy atom. The van der Waals surface area contributed by atoms with E-state index in [0.29, 0.717) is 6.61 Å². The van der Waals surface area contributed by atoms with E-state index in [2.05, 4.69) is 19.2 Å². The quantitative estimate of drug-likeness (QED) is 0.644. The minimum atomic E-state index is 0.0595. The number of rotatable bonds is 9. The average Bonchev–Trinajstić information content (AvgIpc) is 2.38. The molecule has 108 valence electrons. The summed E-state index contributed by atoms with van der Waals surface area (Å²) in [4.78, 5) is 0. The van der Waals surface area contributed by atoms with E-state index < -0.39 is 0 Å². The summed E-state index contributed by atoms with van der Waals surface area (Å²) in [5.74, 6) is 0. The molecule has 18 heavy (non-hydrogen) atoms. The highest BCUT2D eigenvalue weighted by Gasteiger charge is 2.34. The minimum absolute atomic E-state index is 0.0595. The van der Waals surface area contributed by atoms with Crippen LogP contribution in [0.3, 0.4) is 0 Å². The van der Waals surface area contributed by atoms with E-state index in [0.717, 1.165) is 19.7 Å². The lowest BCUT2D eigenvalue weighted by Crippen LogP contribution is -2.47. The molecule has 1 saturated carbocycles. The summed E-state index contributed by atoms with van der Waals surface area (Å²) in [6.07, 6.45) is 7.74. The van der Waals surface area contributed by atoms with E-state index >= 15 is 0 Å². The predicted molar refractivity (Wildman–Crippen MR) is 76.0 cm³/mol. The van der Waals surface area contributed by atoms with Gasteiger partial charge < -0.3 is 14.8 Å². The van der Waals surface area contributed by atoms with Crippen LogP contribution in [-0.2, 0) is 9.47 Å². The molecule has 0 radical (unpaired) electrons. The minimum Gasteiger partial charge on any atom is -0.379 e. The normalized spacial score (nSPS) is 20.8. The van der Waals surface area contributed by atoms with Gasteiger partial charge in [0.2, 0.25) is 0 Å². The van der Waals surface area contributed by atoms with Crippen LogP contribution in [0.5, 0.6) is 0 Å². The van der Waals surface area contributed by atoms with Crippen LogP contribution in [0.2, 0.25) is 0 Å². The smallest absolute Gasteiger partial charge is 0.0811 e. The van der Waals surface area contributed by atoms with Gasteiger partial charge in [-0.1, -0.05) is 26.2 Å². The van der Waals surface area contributed by atoms with Gasteiger partial charge in [0.1, 0.15) is 0 Å². The third kappa shape index (κ3) is 5.68. The fraction of sp³-hybridized carbons (Fsp3) is 1.00. The van der Waals surface area contributed by atoms with Crippen molar-refractivity contribution in [3.05, 3.63) is 0 Å². The van der Waals surface area contributed by atoms with Crippen molar-refractivity contribution in [3.8, 4) is 0 Å². The highest BCUT2D eigenvalue weighted by Crippen LogP contribution is 2.32. The number of ether oxygens (including phenoxy) is 2. The third-order valence-electron chi connectivity index (χ3n) is 3.65. The Labute approximate surface area is 113 Å². The lowest BCUT2D eigenvalue weighted by atomic mass is 9.84. The zero-order valence-corrected chi connectivity index (χ0v) is 12.5. The summed E-state index contributed by atoms with van der Waals surface area (Å²) >= 11 is 0. The van der Waals surface area contributed by atoms with Crippen LogP contribution in [0.25, 0.3) is 0 Å². The van der Waals surface area contributed by atoms with Crippen LogP contribution in [0, 0.1) is 0 Å². The Morgan fingerprint density at radius 3 is 2.50 bits per heavy atom. The maximum atomic E-state index is 6.34. The molecule has 1 aliphatic carbocycles. The maximum Gasteiger partial charge on any atom is 0.0811 e. The van der Waals surface area contributed by atoms with Crippen molar-refractivity contribution in [1.29, 1.82) is 0 Å². The van der Waals surface area contributed by atoms with Gasteiger partial charge in [-0.15, -0.1) is 0 Å². The monoisotopic (exact) mass is 257 g/mol. The lowest BCUT2D eigenvalue weighted by molar-refractivity contribution is -0.125. The Balaban J connectivity index is 2.42. The van der Waals surface area contributed by atoms with Crippen molar-refractivity contribution in [2.75, 3.05) is 26.3 Å². The zero-order valence-electron chi connectivity index (χ0n) is 12.5. The zero-order chi connectivity index (χ0) is 13.3. The number of hydrogen-bond acceptors (Lipinski definition) is 3. The van der Waals surface area contributed by atoms with Crippen LogP contribution in [0.15, 0.2) is 0 Å². The maximum absolute atomic E-state index is 6.34. The summed E-state index contributed by atoms with van der Waals surface area (Å²) < 4.78 is 11.8. The predicted octanol–water partition coefficient (Wildman–Crippen LogP) is 3.13. The molecule has 0 spiro atoms. The molecule has 0 heterocycles.